The van der Waals surface area contributed by atoms with E-state index >= 15 is 0 Å². The molecule has 0 unspecified atom stereocenters. The largest absolute Gasteiger partial charge is 0.379 e. The van der Waals surface area contributed by atoms with Crippen molar-refractivity contribution in [3.05, 3.63) is 53.3 Å². The van der Waals surface area contributed by atoms with Crippen LogP contribution < -0.4 is 5.32 Å². The lowest BCUT2D eigenvalue weighted by atomic mass is 10.2. The van der Waals surface area contributed by atoms with Gasteiger partial charge >= 0.3 is 0 Å². The Morgan fingerprint density at radius 2 is 2.06 bits per heavy atom. The number of hydrogen-bond donors (Lipinski definition) is 1. The highest BCUT2D eigenvalue weighted by atomic mass is 16.1. The van der Waals surface area contributed by atoms with E-state index in [0.29, 0.717) is 0 Å². The molecule has 0 saturated heterocycles. The normalized spacial score (nSPS) is 13.2. The maximum absolute atomic E-state index is 10.9. The first kappa shape index (κ1) is 9.21. The van der Waals surface area contributed by atoms with Gasteiger partial charge < -0.3 is 9.88 Å². The molecule has 0 fully saturated rings. The fraction of sp³-hybridized carbons (Fsp3) is 0.154. The Bertz CT molecular complexity index is 543. The summed E-state index contributed by atoms with van der Waals surface area (Å²) in [4.78, 5) is 10.9. The van der Waals surface area contributed by atoms with E-state index in [1.54, 1.807) is 0 Å². The third-order valence-corrected chi connectivity index (χ3v) is 3.03. The summed E-state index contributed by atoms with van der Waals surface area (Å²) in [5, 5.41) is 3.38. The second-order valence-electron chi connectivity index (χ2n) is 3.96. The number of carbonyl (C=O) groups excluding carboxylic acids is 1. The molecule has 80 valence electrons. The summed E-state index contributed by atoms with van der Waals surface area (Å²) in [5.41, 5.74) is 4.27. The predicted molar refractivity (Wildman–Crippen MR) is 62.7 cm³/mol. The molecule has 1 aromatic carbocycles. The van der Waals surface area contributed by atoms with E-state index in [-0.39, 0.29) is 0 Å². The van der Waals surface area contributed by atoms with Crippen molar-refractivity contribution in [1.82, 2.24) is 4.57 Å². The van der Waals surface area contributed by atoms with Gasteiger partial charge in [0.2, 0.25) is 0 Å². The van der Waals surface area contributed by atoms with Crippen molar-refractivity contribution in [3.63, 3.8) is 0 Å². The van der Waals surface area contributed by atoms with Crippen molar-refractivity contribution in [2.24, 2.45) is 0 Å². The average Bonchev–Trinajstić information content (AvgIpc) is 2.61. The molecule has 3 heteroatoms. The Labute approximate surface area is 93.7 Å². The van der Waals surface area contributed by atoms with Crippen molar-refractivity contribution in [2.75, 3.05) is 5.32 Å². The summed E-state index contributed by atoms with van der Waals surface area (Å²) in [6.07, 6.45) is 0.914. The highest BCUT2D eigenvalue weighted by Gasteiger charge is 2.13. The van der Waals surface area contributed by atoms with Gasteiger partial charge in [-0.15, -0.1) is 0 Å². The third-order valence-electron chi connectivity index (χ3n) is 3.03. The lowest BCUT2D eigenvalue weighted by Crippen LogP contribution is -2.05. The van der Waals surface area contributed by atoms with Crippen LogP contribution in [0.5, 0.6) is 0 Å². The minimum absolute atomic E-state index is 0.744. The van der Waals surface area contributed by atoms with Crippen molar-refractivity contribution in [2.45, 2.75) is 13.1 Å². The Morgan fingerprint density at radius 1 is 1.19 bits per heavy atom. The molecule has 0 saturated carbocycles. The van der Waals surface area contributed by atoms with Crippen molar-refractivity contribution < 1.29 is 4.79 Å². The quantitative estimate of drug-likeness (QED) is 0.736. The van der Waals surface area contributed by atoms with Crippen LogP contribution in [0.3, 0.4) is 0 Å². The minimum atomic E-state index is 0.744. The predicted octanol–water partition coefficient (Wildman–Crippen LogP) is 2.27. The maximum Gasteiger partial charge on any atom is 0.166 e. The number of aromatic nitrogens is 1. The average molecular weight is 212 g/mol. The number of carbonyl (C=O) groups is 1. The molecule has 1 aliphatic heterocycles. The molecule has 1 N–H and O–H groups in total. The summed E-state index contributed by atoms with van der Waals surface area (Å²) in [6.45, 7) is 1.53. The smallest absolute Gasteiger partial charge is 0.166 e. The Hall–Kier alpha value is -2.03. The van der Waals surface area contributed by atoms with Crippen molar-refractivity contribution in [1.29, 1.82) is 0 Å². The fourth-order valence-corrected chi connectivity index (χ4v) is 2.16. The van der Waals surface area contributed by atoms with Crippen LogP contribution >= 0.6 is 0 Å². The molecule has 0 spiro atoms. The van der Waals surface area contributed by atoms with Crippen LogP contribution in [0.15, 0.2) is 36.4 Å². The Morgan fingerprint density at radius 3 is 2.94 bits per heavy atom. The van der Waals surface area contributed by atoms with E-state index in [0.717, 1.165) is 36.5 Å². The molecule has 3 nitrogen and oxygen atoms in total. The van der Waals surface area contributed by atoms with E-state index in [1.165, 1.54) is 5.56 Å². The second-order valence-corrected chi connectivity index (χ2v) is 3.96. The van der Waals surface area contributed by atoms with Crippen LogP contribution in [0, 0.1) is 0 Å². The number of nitrogens with one attached hydrogen (secondary N) is 1. The van der Waals surface area contributed by atoms with Gasteiger partial charge in [0.1, 0.15) is 0 Å². The summed E-state index contributed by atoms with van der Waals surface area (Å²) < 4.78 is 2.06. The summed E-state index contributed by atoms with van der Waals surface area (Å²) >= 11 is 0. The highest BCUT2D eigenvalue weighted by molar-refractivity contribution is 5.73. The molecule has 0 radical (unpaired) electrons. The van der Waals surface area contributed by atoms with E-state index < -0.39 is 0 Å². The first-order chi connectivity index (χ1) is 7.88. The zero-order valence-electron chi connectivity index (χ0n) is 8.81. The number of fused-ring (bicyclic) bond motifs is 2. The van der Waals surface area contributed by atoms with Crippen LogP contribution in [0.4, 0.5) is 5.69 Å². The van der Waals surface area contributed by atoms with Gasteiger partial charge in [-0.3, -0.25) is 4.79 Å². The lowest BCUT2D eigenvalue weighted by molar-refractivity contribution is 0.111. The van der Waals surface area contributed by atoms with Gasteiger partial charge in [-0.05, 0) is 23.8 Å². The van der Waals surface area contributed by atoms with Gasteiger partial charge in [-0.1, -0.05) is 18.2 Å². The summed E-state index contributed by atoms with van der Waals surface area (Å²) in [7, 11) is 0. The SMILES string of the molecule is O=Cc1ccc2n1Cc1ccccc1NC2. The van der Waals surface area contributed by atoms with Crippen LogP contribution in [0.2, 0.25) is 0 Å². The van der Waals surface area contributed by atoms with Crippen LogP contribution in [0.1, 0.15) is 21.7 Å². The Kier molecular flexibility index (Phi) is 2.03. The van der Waals surface area contributed by atoms with Crippen molar-refractivity contribution >= 4 is 12.0 Å². The zero-order chi connectivity index (χ0) is 11.0. The van der Waals surface area contributed by atoms with Gasteiger partial charge in [0.25, 0.3) is 0 Å². The maximum atomic E-state index is 10.9. The van der Waals surface area contributed by atoms with Gasteiger partial charge in [-0.2, -0.15) is 0 Å². The van der Waals surface area contributed by atoms with E-state index in [2.05, 4.69) is 22.0 Å². The van der Waals surface area contributed by atoms with Gasteiger partial charge in [0.05, 0.1) is 18.8 Å². The molecular formula is C13H12N2O. The number of rotatable bonds is 1. The fourth-order valence-electron chi connectivity index (χ4n) is 2.16. The van der Waals surface area contributed by atoms with Gasteiger partial charge in [0, 0.05) is 11.4 Å². The standard InChI is InChI=1S/C13H12N2O/c16-9-12-6-5-11-7-14-13-4-2-1-3-10(13)8-15(11)12/h1-6,9,14H,7-8H2. The van der Waals surface area contributed by atoms with E-state index in [1.807, 2.05) is 24.3 Å². The molecule has 3 rings (SSSR count). The van der Waals surface area contributed by atoms with Gasteiger partial charge in [0.15, 0.2) is 6.29 Å². The number of benzene rings is 1. The number of nitrogens with zero attached hydrogens (tertiary/aromatic N) is 1. The first-order valence-corrected chi connectivity index (χ1v) is 5.34. The number of hydrogen-bond acceptors (Lipinski definition) is 2. The summed E-state index contributed by atoms with van der Waals surface area (Å²) in [5.74, 6) is 0. The van der Waals surface area contributed by atoms with E-state index in [9.17, 15) is 4.79 Å². The van der Waals surface area contributed by atoms with Gasteiger partial charge in [-0.25, -0.2) is 0 Å². The number of anilines is 1. The van der Waals surface area contributed by atoms with E-state index in [4.69, 9.17) is 0 Å². The summed E-state index contributed by atoms with van der Waals surface area (Å²) in [6, 6.07) is 12.1. The Balaban J connectivity index is 2.11. The molecule has 0 amide bonds. The molecular weight excluding hydrogens is 200 g/mol. The molecule has 2 aromatic rings. The lowest BCUT2D eigenvalue weighted by Gasteiger charge is -2.07. The second kappa shape index (κ2) is 3.52. The zero-order valence-corrected chi connectivity index (χ0v) is 8.81. The first-order valence-electron chi connectivity index (χ1n) is 5.34. The molecule has 2 heterocycles. The molecule has 0 atom stereocenters. The molecule has 16 heavy (non-hydrogen) atoms. The molecule has 1 aromatic heterocycles. The van der Waals surface area contributed by atoms with Crippen LogP contribution in [-0.4, -0.2) is 10.9 Å². The molecule has 1 aliphatic rings. The van der Waals surface area contributed by atoms with Crippen LogP contribution in [-0.2, 0) is 13.1 Å². The molecule has 0 aliphatic carbocycles. The topological polar surface area (TPSA) is 34.0 Å². The highest BCUT2D eigenvalue weighted by Crippen LogP contribution is 2.23. The monoisotopic (exact) mass is 212 g/mol. The molecule has 0 bridgehead atoms. The third kappa shape index (κ3) is 1.33. The minimum Gasteiger partial charge on any atom is -0.379 e. The number of aldehydes is 1. The van der Waals surface area contributed by atoms with Crippen molar-refractivity contribution in [3.8, 4) is 0 Å². The number of para-hydroxylation sites is 1. The van der Waals surface area contributed by atoms with Crippen LogP contribution in [0.25, 0.3) is 0 Å².